The zero-order valence-electron chi connectivity index (χ0n) is 11.2. The molecule has 19 heavy (non-hydrogen) atoms. The van der Waals surface area contributed by atoms with E-state index in [9.17, 15) is 4.79 Å². The molecule has 0 heterocycles. The number of methoxy groups -OCH3 is 1. The Morgan fingerprint density at radius 3 is 2.58 bits per heavy atom. The molecule has 0 aliphatic carbocycles. The topological polar surface area (TPSA) is 88.2 Å². The van der Waals surface area contributed by atoms with Crippen LogP contribution in [0.1, 0.15) is 12.0 Å². The predicted octanol–water partition coefficient (Wildman–Crippen LogP) is 0.833. The van der Waals surface area contributed by atoms with Crippen molar-refractivity contribution in [2.45, 2.75) is 12.8 Å². The normalized spacial score (nSPS) is 11.2. The van der Waals surface area contributed by atoms with Gasteiger partial charge in [0, 0.05) is 20.0 Å². The number of likely N-dealkylation sites (N-methyl/N-ethyl adjacent to an activating group) is 1. The second-order valence-corrected chi connectivity index (χ2v) is 4.18. The van der Waals surface area contributed by atoms with Crippen molar-refractivity contribution in [3.8, 4) is 5.75 Å². The number of nitrogens with two attached hydrogens (primary N) is 1. The van der Waals surface area contributed by atoms with Gasteiger partial charge in [-0.25, -0.2) is 0 Å². The van der Waals surface area contributed by atoms with Crippen LogP contribution < -0.4 is 10.5 Å². The molecule has 0 aromatic heterocycles. The minimum absolute atomic E-state index is 0.0177. The zero-order valence-corrected chi connectivity index (χ0v) is 11.2. The molecule has 0 bridgehead atoms. The minimum Gasteiger partial charge on any atom is -0.497 e. The number of ether oxygens (including phenoxy) is 1. The molecule has 1 aromatic carbocycles. The molecule has 1 aromatic rings. The Kier molecular flexibility index (Phi) is 5.66. The zero-order chi connectivity index (χ0) is 14.3. The van der Waals surface area contributed by atoms with Gasteiger partial charge in [0.15, 0.2) is 0 Å². The van der Waals surface area contributed by atoms with Gasteiger partial charge in [-0.3, -0.25) is 4.79 Å². The standard InChI is InChI=1S/C13H19N3O3/c1-16(8-7-12(14)15-18)13(17)9-10-3-5-11(19-2)6-4-10/h3-6,18H,7-9H2,1-2H3,(H2,14,15). The lowest BCUT2D eigenvalue weighted by Gasteiger charge is -2.16. The van der Waals surface area contributed by atoms with E-state index in [0.717, 1.165) is 11.3 Å². The first-order valence-corrected chi connectivity index (χ1v) is 5.90. The monoisotopic (exact) mass is 265 g/mol. The number of carbonyl (C=O) groups excluding carboxylic acids is 1. The summed E-state index contributed by atoms with van der Waals surface area (Å²) in [5.41, 5.74) is 6.27. The Labute approximate surface area is 112 Å². The smallest absolute Gasteiger partial charge is 0.226 e. The number of oxime groups is 1. The molecule has 0 saturated carbocycles. The second-order valence-electron chi connectivity index (χ2n) is 4.18. The number of nitrogens with zero attached hydrogens (tertiary/aromatic N) is 2. The van der Waals surface area contributed by atoms with Crippen molar-refractivity contribution in [1.29, 1.82) is 0 Å². The van der Waals surface area contributed by atoms with Gasteiger partial charge in [-0.15, -0.1) is 0 Å². The SMILES string of the molecule is COc1ccc(CC(=O)N(C)CC/C(N)=N/O)cc1. The van der Waals surface area contributed by atoms with Crippen molar-refractivity contribution >= 4 is 11.7 Å². The van der Waals surface area contributed by atoms with Gasteiger partial charge in [0.25, 0.3) is 0 Å². The van der Waals surface area contributed by atoms with Crippen molar-refractivity contribution in [2.24, 2.45) is 10.9 Å². The van der Waals surface area contributed by atoms with Gasteiger partial charge in [-0.1, -0.05) is 17.3 Å². The minimum atomic E-state index is -0.0177. The molecule has 0 saturated heterocycles. The lowest BCUT2D eigenvalue weighted by atomic mass is 10.1. The maximum absolute atomic E-state index is 11.9. The molecule has 0 aliphatic heterocycles. The summed E-state index contributed by atoms with van der Waals surface area (Å²) in [7, 11) is 3.29. The molecule has 3 N–H and O–H groups in total. The first-order chi connectivity index (χ1) is 9.06. The summed E-state index contributed by atoms with van der Waals surface area (Å²) in [6, 6.07) is 7.35. The quantitative estimate of drug-likeness (QED) is 0.345. The van der Waals surface area contributed by atoms with E-state index in [0.29, 0.717) is 19.4 Å². The van der Waals surface area contributed by atoms with Crippen LogP contribution in [0.5, 0.6) is 5.75 Å². The van der Waals surface area contributed by atoms with Crippen molar-refractivity contribution in [1.82, 2.24) is 4.90 Å². The van der Waals surface area contributed by atoms with Crippen LogP contribution in [-0.4, -0.2) is 42.6 Å². The van der Waals surface area contributed by atoms with E-state index in [1.807, 2.05) is 24.3 Å². The predicted molar refractivity (Wildman–Crippen MR) is 72.4 cm³/mol. The first kappa shape index (κ1) is 14.8. The van der Waals surface area contributed by atoms with Gasteiger partial charge in [-0.2, -0.15) is 0 Å². The van der Waals surface area contributed by atoms with E-state index in [1.165, 1.54) is 0 Å². The number of hydrogen-bond acceptors (Lipinski definition) is 4. The van der Waals surface area contributed by atoms with Gasteiger partial charge in [0.2, 0.25) is 5.91 Å². The highest BCUT2D eigenvalue weighted by molar-refractivity contribution is 5.82. The third-order valence-electron chi connectivity index (χ3n) is 2.77. The molecule has 0 radical (unpaired) electrons. The average molecular weight is 265 g/mol. The van der Waals surface area contributed by atoms with Gasteiger partial charge in [0.05, 0.1) is 13.5 Å². The third-order valence-corrected chi connectivity index (χ3v) is 2.77. The summed E-state index contributed by atoms with van der Waals surface area (Å²) in [6.07, 6.45) is 0.665. The molecule has 0 fully saturated rings. The molecule has 6 heteroatoms. The Balaban J connectivity index is 2.48. The van der Waals surface area contributed by atoms with Crippen LogP contribution in [0.4, 0.5) is 0 Å². The molecule has 0 unspecified atom stereocenters. The fourth-order valence-electron chi connectivity index (χ4n) is 1.51. The fraction of sp³-hybridized carbons (Fsp3) is 0.385. The number of amides is 1. The van der Waals surface area contributed by atoms with Crippen LogP contribution in [0.2, 0.25) is 0 Å². The summed E-state index contributed by atoms with van der Waals surface area (Å²) in [5.74, 6) is 0.858. The van der Waals surface area contributed by atoms with Crippen LogP contribution in [0, 0.1) is 0 Å². The molecule has 0 atom stereocenters. The van der Waals surface area contributed by atoms with Crippen LogP contribution >= 0.6 is 0 Å². The van der Waals surface area contributed by atoms with E-state index in [2.05, 4.69) is 5.16 Å². The number of amidine groups is 1. The van der Waals surface area contributed by atoms with Crippen molar-refractivity contribution in [3.05, 3.63) is 29.8 Å². The maximum Gasteiger partial charge on any atom is 0.226 e. The van der Waals surface area contributed by atoms with Crippen LogP contribution in [0.15, 0.2) is 29.4 Å². The van der Waals surface area contributed by atoms with Crippen LogP contribution in [-0.2, 0) is 11.2 Å². The Hall–Kier alpha value is -2.24. The second kappa shape index (κ2) is 7.25. The van der Waals surface area contributed by atoms with Gasteiger partial charge in [0.1, 0.15) is 11.6 Å². The third kappa shape index (κ3) is 4.87. The molecule has 0 aliphatic rings. The number of benzene rings is 1. The van der Waals surface area contributed by atoms with E-state index >= 15 is 0 Å². The van der Waals surface area contributed by atoms with Crippen molar-refractivity contribution < 1.29 is 14.7 Å². The molecule has 1 amide bonds. The molecular weight excluding hydrogens is 246 g/mol. The highest BCUT2D eigenvalue weighted by Gasteiger charge is 2.10. The van der Waals surface area contributed by atoms with Crippen molar-refractivity contribution in [3.63, 3.8) is 0 Å². The number of rotatable bonds is 6. The van der Waals surface area contributed by atoms with E-state index in [4.69, 9.17) is 15.7 Å². The van der Waals surface area contributed by atoms with Gasteiger partial charge in [-0.05, 0) is 17.7 Å². The first-order valence-electron chi connectivity index (χ1n) is 5.90. The van der Waals surface area contributed by atoms with E-state index < -0.39 is 0 Å². The molecule has 104 valence electrons. The highest BCUT2D eigenvalue weighted by Crippen LogP contribution is 2.12. The van der Waals surface area contributed by atoms with E-state index in [-0.39, 0.29) is 11.7 Å². The summed E-state index contributed by atoms with van der Waals surface area (Å²) in [4.78, 5) is 13.5. The summed E-state index contributed by atoms with van der Waals surface area (Å²) >= 11 is 0. The van der Waals surface area contributed by atoms with Gasteiger partial charge >= 0.3 is 0 Å². The van der Waals surface area contributed by atoms with Crippen LogP contribution in [0.25, 0.3) is 0 Å². The summed E-state index contributed by atoms with van der Waals surface area (Å²) < 4.78 is 5.05. The molecule has 0 spiro atoms. The lowest BCUT2D eigenvalue weighted by molar-refractivity contribution is -0.129. The Morgan fingerprint density at radius 2 is 2.05 bits per heavy atom. The van der Waals surface area contributed by atoms with Crippen LogP contribution in [0.3, 0.4) is 0 Å². The fourth-order valence-corrected chi connectivity index (χ4v) is 1.51. The number of carbonyl (C=O) groups is 1. The van der Waals surface area contributed by atoms with E-state index in [1.54, 1.807) is 19.1 Å². The van der Waals surface area contributed by atoms with Crippen molar-refractivity contribution in [2.75, 3.05) is 20.7 Å². The molecule has 1 rings (SSSR count). The summed E-state index contributed by atoms with van der Waals surface area (Å²) in [5, 5.41) is 11.3. The average Bonchev–Trinajstić information content (AvgIpc) is 2.44. The molecule has 6 nitrogen and oxygen atoms in total. The Bertz CT molecular complexity index is 443. The number of hydrogen-bond donors (Lipinski definition) is 2. The summed E-state index contributed by atoms with van der Waals surface area (Å²) in [6.45, 7) is 0.422. The Morgan fingerprint density at radius 1 is 1.42 bits per heavy atom. The lowest BCUT2D eigenvalue weighted by Crippen LogP contribution is -2.31. The maximum atomic E-state index is 11.9. The molecular formula is C13H19N3O3. The largest absolute Gasteiger partial charge is 0.497 e. The highest BCUT2D eigenvalue weighted by atomic mass is 16.5. The van der Waals surface area contributed by atoms with Gasteiger partial charge < -0.3 is 20.6 Å².